The lowest BCUT2D eigenvalue weighted by atomic mass is 10.1. The number of benzene rings is 1. The number of halogens is 1. The first-order valence-electron chi connectivity index (χ1n) is 7.54. The largest absolute Gasteiger partial charge is 0.456 e. The molecule has 1 aliphatic rings. The number of hydrogen-bond donors (Lipinski definition) is 2. The molecule has 0 bridgehead atoms. The van der Waals surface area contributed by atoms with E-state index in [1.807, 2.05) is 0 Å². The van der Waals surface area contributed by atoms with Crippen molar-refractivity contribution >= 4 is 29.5 Å². The first-order chi connectivity index (χ1) is 11.7. The Hall–Kier alpha value is -2.97. The molecule has 0 spiro atoms. The summed E-state index contributed by atoms with van der Waals surface area (Å²) in [6.07, 6.45) is -0.234. The lowest BCUT2D eigenvalue weighted by Crippen LogP contribution is -2.40. The molecule has 25 heavy (non-hydrogen) atoms. The number of nitrogens with one attached hydrogen (secondary N) is 2. The fourth-order valence-corrected chi connectivity index (χ4v) is 2.21. The fourth-order valence-electron chi connectivity index (χ4n) is 2.21. The highest BCUT2D eigenvalue weighted by atomic mass is 19.1. The topological polar surface area (TPSA) is 105 Å². The van der Waals surface area contributed by atoms with E-state index in [1.165, 1.54) is 18.2 Å². The number of urea groups is 1. The molecular formula is C16H18FN3O5. The van der Waals surface area contributed by atoms with Crippen LogP contribution in [0.3, 0.4) is 0 Å². The third kappa shape index (κ3) is 4.75. The van der Waals surface area contributed by atoms with Gasteiger partial charge in [-0.2, -0.15) is 0 Å². The second-order valence-corrected chi connectivity index (χ2v) is 5.98. The number of ether oxygens (including phenoxy) is 1. The molecule has 0 atom stereocenters. The van der Waals surface area contributed by atoms with Crippen LogP contribution in [0, 0.1) is 5.82 Å². The average Bonchev–Trinajstić information content (AvgIpc) is 2.71. The van der Waals surface area contributed by atoms with E-state index in [2.05, 4.69) is 10.6 Å². The molecule has 1 aromatic rings. The normalized spacial score (nSPS) is 15.7. The summed E-state index contributed by atoms with van der Waals surface area (Å²) in [6, 6.07) is 4.69. The quantitative estimate of drug-likeness (QED) is 0.588. The van der Waals surface area contributed by atoms with Crippen LogP contribution < -0.4 is 10.6 Å². The van der Waals surface area contributed by atoms with E-state index in [1.54, 1.807) is 13.8 Å². The van der Waals surface area contributed by atoms with Crippen LogP contribution in [0.2, 0.25) is 0 Å². The van der Waals surface area contributed by atoms with Gasteiger partial charge in [-0.15, -0.1) is 0 Å². The molecule has 1 heterocycles. The summed E-state index contributed by atoms with van der Waals surface area (Å²) < 4.78 is 17.8. The molecule has 0 saturated carbocycles. The molecular weight excluding hydrogens is 333 g/mol. The minimum atomic E-state index is -1.01. The van der Waals surface area contributed by atoms with E-state index in [0.29, 0.717) is 0 Å². The summed E-state index contributed by atoms with van der Waals surface area (Å²) in [4.78, 5) is 47.8. The second kappa shape index (κ2) is 7.29. The van der Waals surface area contributed by atoms with Crippen molar-refractivity contribution in [1.29, 1.82) is 0 Å². The number of esters is 1. The minimum Gasteiger partial charge on any atom is -0.456 e. The van der Waals surface area contributed by atoms with Crippen molar-refractivity contribution in [1.82, 2.24) is 10.2 Å². The van der Waals surface area contributed by atoms with Crippen molar-refractivity contribution < 1.29 is 28.3 Å². The van der Waals surface area contributed by atoms with Gasteiger partial charge in [0.15, 0.2) is 6.61 Å². The maximum atomic E-state index is 13.0. The van der Waals surface area contributed by atoms with Gasteiger partial charge in [-0.05, 0) is 32.0 Å². The number of nitrogens with zero attached hydrogens (tertiary/aromatic N) is 1. The predicted molar refractivity (Wildman–Crippen MR) is 84.9 cm³/mol. The van der Waals surface area contributed by atoms with Gasteiger partial charge >= 0.3 is 12.0 Å². The summed E-state index contributed by atoms with van der Waals surface area (Å²) in [5.41, 5.74) is -0.770. The number of hydrogen-bond acceptors (Lipinski definition) is 5. The Kier molecular flexibility index (Phi) is 5.35. The molecule has 8 nitrogen and oxygen atoms in total. The number of amides is 4. The van der Waals surface area contributed by atoms with Crippen LogP contribution in [0.15, 0.2) is 24.3 Å². The van der Waals surface area contributed by atoms with E-state index < -0.39 is 41.8 Å². The summed E-state index contributed by atoms with van der Waals surface area (Å²) in [7, 11) is 0. The molecule has 1 fully saturated rings. The Balaban J connectivity index is 1.75. The number of carbonyl (C=O) groups excluding carboxylic acids is 4. The van der Waals surface area contributed by atoms with Gasteiger partial charge in [0.25, 0.3) is 11.8 Å². The standard InChI is InChI=1S/C16H18FN3O5/c1-16(2)14(23)20(15(24)19-16)7-6-13(22)25-9-12(21)18-11-5-3-4-10(17)8-11/h3-5,8H,6-7,9H2,1-2H3,(H,18,21)(H,19,24). The molecule has 134 valence electrons. The number of rotatable bonds is 6. The van der Waals surface area contributed by atoms with Gasteiger partial charge < -0.3 is 15.4 Å². The predicted octanol–water partition coefficient (Wildman–Crippen LogP) is 1.03. The fraction of sp³-hybridized carbons (Fsp3) is 0.375. The zero-order chi connectivity index (χ0) is 18.6. The van der Waals surface area contributed by atoms with E-state index in [0.717, 1.165) is 11.0 Å². The Morgan fingerprint density at radius 2 is 2.04 bits per heavy atom. The van der Waals surface area contributed by atoms with Gasteiger partial charge in [0.05, 0.1) is 6.42 Å². The van der Waals surface area contributed by atoms with E-state index in [-0.39, 0.29) is 18.7 Å². The van der Waals surface area contributed by atoms with Gasteiger partial charge in [-0.3, -0.25) is 19.3 Å². The SMILES string of the molecule is CC1(C)NC(=O)N(CCC(=O)OCC(=O)Nc2cccc(F)c2)C1=O. The molecule has 0 unspecified atom stereocenters. The molecule has 1 aromatic carbocycles. The monoisotopic (exact) mass is 351 g/mol. The second-order valence-electron chi connectivity index (χ2n) is 5.98. The van der Waals surface area contributed by atoms with Crippen LogP contribution in [0.4, 0.5) is 14.9 Å². The third-order valence-corrected chi connectivity index (χ3v) is 3.46. The number of carbonyl (C=O) groups is 4. The molecule has 0 aromatic heterocycles. The van der Waals surface area contributed by atoms with Gasteiger partial charge in [0.1, 0.15) is 11.4 Å². The van der Waals surface area contributed by atoms with Crippen molar-refractivity contribution in [2.24, 2.45) is 0 Å². The molecule has 0 radical (unpaired) electrons. The zero-order valence-corrected chi connectivity index (χ0v) is 13.8. The molecule has 1 saturated heterocycles. The Morgan fingerprint density at radius 3 is 2.64 bits per heavy atom. The van der Waals surface area contributed by atoms with Crippen LogP contribution in [0.5, 0.6) is 0 Å². The molecule has 2 rings (SSSR count). The van der Waals surface area contributed by atoms with Crippen molar-refractivity contribution in [3.05, 3.63) is 30.1 Å². The average molecular weight is 351 g/mol. The van der Waals surface area contributed by atoms with E-state index >= 15 is 0 Å². The van der Waals surface area contributed by atoms with Crippen LogP contribution in [0.1, 0.15) is 20.3 Å². The summed E-state index contributed by atoms with van der Waals surface area (Å²) in [5.74, 6) is -2.31. The van der Waals surface area contributed by atoms with Crippen molar-refractivity contribution in [2.45, 2.75) is 25.8 Å². The molecule has 1 aliphatic heterocycles. The highest BCUT2D eigenvalue weighted by molar-refractivity contribution is 6.06. The molecule has 2 N–H and O–H groups in total. The highest BCUT2D eigenvalue weighted by Gasteiger charge is 2.44. The lowest BCUT2D eigenvalue weighted by molar-refractivity contribution is -0.147. The molecule has 0 aliphatic carbocycles. The Morgan fingerprint density at radius 1 is 1.32 bits per heavy atom. The van der Waals surface area contributed by atoms with Crippen LogP contribution >= 0.6 is 0 Å². The van der Waals surface area contributed by atoms with E-state index in [9.17, 15) is 23.6 Å². The molecule has 9 heteroatoms. The maximum absolute atomic E-state index is 13.0. The number of anilines is 1. The van der Waals surface area contributed by atoms with Gasteiger partial charge in [0.2, 0.25) is 0 Å². The summed E-state index contributed by atoms with van der Waals surface area (Å²) in [5, 5.41) is 4.86. The summed E-state index contributed by atoms with van der Waals surface area (Å²) >= 11 is 0. The summed E-state index contributed by atoms with van der Waals surface area (Å²) in [6.45, 7) is 2.42. The van der Waals surface area contributed by atoms with Crippen molar-refractivity contribution in [3.8, 4) is 0 Å². The van der Waals surface area contributed by atoms with Crippen LogP contribution in [-0.2, 0) is 19.1 Å². The van der Waals surface area contributed by atoms with Crippen molar-refractivity contribution in [2.75, 3.05) is 18.5 Å². The van der Waals surface area contributed by atoms with Crippen LogP contribution in [-0.4, -0.2) is 47.4 Å². The number of imide groups is 1. The zero-order valence-electron chi connectivity index (χ0n) is 13.8. The third-order valence-electron chi connectivity index (χ3n) is 3.46. The lowest BCUT2D eigenvalue weighted by Gasteiger charge is -2.15. The van der Waals surface area contributed by atoms with Crippen molar-refractivity contribution in [3.63, 3.8) is 0 Å². The smallest absolute Gasteiger partial charge is 0.325 e. The first kappa shape index (κ1) is 18.4. The molecule has 4 amide bonds. The Bertz CT molecular complexity index is 719. The van der Waals surface area contributed by atoms with Crippen LogP contribution in [0.25, 0.3) is 0 Å². The Labute approximate surface area is 143 Å². The van der Waals surface area contributed by atoms with E-state index in [4.69, 9.17) is 4.74 Å². The first-order valence-corrected chi connectivity index (χ1v) is 7.54. The van der Waals surface area contributed by atoms with Gasteiger partial charge in [-0.1, -0.05) is 6.07 Å². The maximum Gasteiger partial charge on any atom is 0.325 e. The minimum absolute atomic E-state index is 0.140. The van der Waals surface area contributed by atoms with Gasteiger partial charge in [-0.25, -0.2) is 9.18 Å². The van der Waals surface area contributed by atoms with Gasteiger partial charge in [0, 0.05) is 12.2 Å². The highest BCUT2D eigenvalue weighted by Crippen LogP contribution is 2.16.